The minimum atomic E-state index is -0.778. The van der Waals surface area contributed by atoms with Gasteiger partial charge < -0.3 is 21.3 Å². The molecule has 0 radical (unpaired) electrons. The van der Waals surface area contributed by atoms with Crippen LogP contribution in [0.5, 0.6) is 0 Å². The Kier molecular flexibility index (Phi) is 12.4. The topological polar surface area (TPSA) is 104 Å². The number of hydrogen-bond donors (Lipinski definition) is 4. The quantitative estimate of drug-likeness (QED) is 0.279. The van der Waals surface area contributed by atoms with Crippen LogP contribution in [0.25, 0.3) is 0 Å². The molecule has 2 saturated carbocycles. The molecule has 0 spiro atoms. The smallest absolute Gasteiger partial charge is 0.216 e. The van der Waals surface area contributed by atoms with Crippen molar-refractivity contribution in [2.75, 3.05) is 18.5 Å². The highest BCUT2D eigenvalue weighted by atomic mass is 127. The minimum Gasteiger partial charge on any atom is -0.394 e. The molecule has 2 aliphatic rings. The van der Waals surface area contributed by atoms with E-state index in [9.17, 15) is 18.3 Å². The normalized spacial score (nSPS) is 17.1. The van der Waals surface area contributed by atoms with E-state index in [0.29, 0.717) is 9.39 Å². The number of halogens is 6. The van der Waals surface area contributed by atoms with E-state index in [4.69, 9.17) is 10.8 Å². The Hall–Kier alpha value is -0.480. The maximum Gasteiger partial charge on any atom is 0.216 e. The summed E-state index contributed by atoms with van der Waals surface area (Å²) < 4.78 is 38.5. The van der Waals surface area contributed by atoms with Crippen molar-refractivity contribution in [3.8, 4) is 0 Å². The number of rotatable bonds is 4. The molecule has 0 aromatic carbocycles. The van der Waals surface area contributed by atoms with E-state index in [2.05, 4.69) is 15.3 Å². The van der Waals surface area contributed by atoms with E-state index in [1.54, 1.807) is 6.07 Å². The molecule has 0 bridgehead atoms. The Balaban J connectivity index is 0.000000258. The molecule has 0 aliphatic heterocycles. The van der Waals surface area contributed by atoms with Crippen LogP contribution in [0.2, 0.25) is 0 Å². The first-order chi connectivity index (χ1) is 14.6. The molecule has 180 valence electrons. The van der Waals surface area contributed by atoms with Crippen LogP contribution in [0.4, 0.5) is 19.0 Å². The van der Waals surface area contributed by atoms with Crippen molar-refractivity contribution in [1.82, 2.24) is 9.97 Å². The number of nitrogens with two attached hydrogens (primary N) is 1. The van der Waals surface area contributed by atoms with Crippen LogP contribution < -0.4 is 11.1 Å². The first-order valence-corrected chi connectivity index (χ1v) is 11.8. The van der Waals surface area contributed by atoms with Crippen molar-refractivity contribution in [2.45, 2.75) is 49.6 Å². The number of nitrogens with one attached hydrogen (secondary N) is 1. The van der Waals surface area contributed by atoms with Crippen LogP contribution in [0, 0.1) is 25.0 Å². The first kappa shape index (κ1) is 29.6. The zero-order valence-electron chi connectivity index (χ0n) is 17.1. The van der Waals surface area contributed by atoms with Crippen LogP contribution in [-0.4, -0.2) is 44.5 Å². The van der Waals surface area contributed by atoms with Gasteiger partial charge in [-0.2, -0.15) is 18.2 Å². The van der Waals surface area contributed by atoms with Gasteiger partial charge in [-0.3, -0.25) is 0 Å². The van der Waals surface area contributed by atoms with Crippen molar-refractivity contribution in [3.63, 3.8) is 0 Å². The summed E-state index contributed by atoms with van der Waals surface area (Å²) in [5.74, 6) is -1.54. The molecule has 2 aromatic heterocycles. The molecule has 2 fully saturated rings. The molecule has 12 heteroatoms. The lowest BCUT2D eigenvalue weighted by Gasteiger charge is -2.41. The van der Waals surface area contributed by atoms with Crippen molar-refractivity contribution >= 4 is 63.4 Å². The van der Waals surface area contributed by atoms with Crippen LogP contribution in [-0.2, 0) is 0 Å². The number of anilines is 1. The van der Waals surface area contributed by atoms with Gasteiger partial charge in [0.1, 0.15) is 5.82 Å². The average molecular weight is 701 g/mol. The lowest BCUT2D eigenvalue weighted by atomic mass is 9.77. The number of hydrogen-bond acceptors (Lipinski definition) is 6. The van der Waals surface area contributed by atoms with Gasteiger partial charge in [0.25, 0.3) is 0 Å². The average Bonchev–Trinajstić information content (AvgIpc) is 2.62. The highest BCUT2D eigenvalue weighted by Gasteiger charge is 2.36. The molecule has 0 atom stereocenters. The summed E-state index contributed by atoms with van der Waals surface area (Å²) in [7, 11) is 0. The van der Waals surface area contributed by atoms with Crippen LogP contribution >= 0.6 is 57.6 Å². The standard InChI is InChI=1S/C10H12FIN2O.C5H2F2IN.C5H11NO.ClH/c11-8-4-7(12)5-9(13-8)14-10(6-15)2-1-3-10;6-4-1-3(8)2-5(7)9-4;6-5(4-7)2-1-3-5;/h4-5,15H,1-3,6H2,(H,13,14);1-2H;7H,1-4,6H2;1H. The van der Waals surface area contributed by atoms with Crippen molar-refractivity contribution in [1.29, 1.82) is 0 Å². The monoisotopic (exact) mass is 700 g/mol. The number of aliphatic hydroxyl groups excluding tert-OH is 2. The number of pyridine rings is 2. The first-order valence-electron chi connectivity index (χ1n) is 9.69. The van der Waals surface area contributed by atoms with Crippen LogP contribution in [0.15, 0.2) is 24.3 Å². The highest BCUT2D eigenvalue weighted by molar-refractivity contribution is 14.1. The second kappa shape index (κ2) is 13.4. The maximum absolute atomic E-state index is 13.0. The molecule has 0 unspecified atom stereocenters. The molecule has 32 heavy (non-hydrogen) atoms. The Labute approximate surface area is 218 Å². The van der Waals surface area contributed by atoms with E-state index in [1.807, 2.05) is 45.2 Å². The summed E-state index contributed by atoms with van der Waals surface area (Å²) in [5.41, 5.74) is 5.10. The zero-order chi connectivity index (χ0) is 23.1. The Bertz CT molecular complexity index is 793. The third-order valence-electron chi connectivity index (χ3n) is 5.16. The predicted molar refractivity (Wildman–Crippen MR) is 136 cm³/mol. The van der Waals surface area contributed by atoms with Gasteiger partial charge in [-0.15, -0.1) is 12.4 Å². The fraction of sp³-hybridized carbons (Fsp3) is 0.500. The molecule has 0 saturated heterocycles. The Morgan fingerprint density at radius 3 is 1.59 bits per heavy atom. The van der Waals surface area contributed by atoms with E-state index in [1.165, 1.54) is 12.5 Å². The molecular weight excluding hydrogens is 675 g/mol. The van der Waals surface area contributed by atoms with Gasteiger partial charge in [0, 0.05) is 30.9 Å². The van der Waals surface area contributed by atoms with Gasteiger partial charge in [-0.25, -0.2) is 4.98 Å². The largest absolute Gasteiger partial charge is 0.394 e. The molecule has 6 nitrogen and oxygen atoms in total. The van der Waals surface area contributed by atoms with Gasteiger partial charge in [-0.05, 0) is 89.8 Å². The molecular formula is C20H26ClF3I2N4O2. The van der Waals surface area contributed by atoms with Crippen LogP contribution in [0.3, 0.4) is 0 Å². The molecule has 2 heterocycles. The second-order valence-electron chi connectivity index (χ2n) is 7.72. The fourth-order valence-corrected chi connectivity index (χ4v) is 4.02. The number of aliphatic hydroxyl groups is 2. The van der Waals surface area contributed by atoms with E-state index < -0.39 is 17.8 Å². The Morgan fingerprint density at radius 1 is 0.844 bits per heavy atom. The summed E-state index contributed by atoms with van der Waals surface area (Å²) in [4.78, 5) is 6.65. The summed E-state index contributed by atoms with van der Waals surface area (Å²) in [6, 6.07) is 5.46. The van der Waals surface area contributed by atoms with Crippen molar-refractivity contribution < 1.29 is 23.4 Å². The van der Waals surface area contributed by atoms with Gasteiger partial charge >= 0.3 is 0 Å². The summed E-state index contributed by atoms with van der Waals surface area (Å²) >= 11 is 3.85. The third-order valence-corrected chi connectivity index (χ3v) is 6.40. The van der Waals surface area contributed by atoms with Crippen molar-refractivity contribution in [2.24, 2.45) is 5.73 Å². The lowest BCUT2D eigenvalue weighted by molar-refractivity contribution is 0.126. The summed E-state index contributed by atoms with van der Waals surface area (Å²) in [6.07, 6.45) is 6.13. The molecule has 0 amide bonds. The van der Waals surface area contributed by atoms with Gasteiger partial charge in [-0.1, -0.05) is 0 Å². The summed E-state index contributed by atoms with van der Waals surface area (Å²) in [5, 5.41) is 20.9. The number of nitrogens with zero attached hydrogens (tertiary/aromatic N) is 2. The molecule has 2 aromatic rings. The van der Waals surface area contributed by atoms with Gasteiger partial charge in [0.05, 0.1) is 18.8 Å². The van der Waals surface area contributed by atoms with Crippen LogP contribution in [0.1, 0.15) is 38.5 Å². The highest BCUT2D eigenvalue weighted by Crippen LogP contribution is 2.34. The lowest BCUT2D eigenvalue weighted by Crippen LogP contribution is -2.49. The number of aromatic nitrogens is 2. The van der Waals surface area contributed by atoms with Gasteiger partial charge in [0.15, 0.2) is 0 Å². The molecule has 4 rings (SSSR count). The maximum atomic E-state index is 13.0. The molecule has 2 aliphatic carbocycles. The zero-order valence-corrected chi connectivity index (χ0v) is 22.3. The third kappa shape index (κ3) is 9.41. The minimum absolute atomic E-state index is 0. The van der Waals surface area contributed by atoms with E-state index >= 15 is 0 Å². The van der Waals surface area contributed by atoms with Crippen molar-refractivity contribution in [3.05, 3.63) is 49.2 Å². The van der Waals surface area contributed by atoms with E-state index in [-0.39, 0.29) is 36.7 Å². The summed E-state index contributed by atoms with van der Waals surface area (Å²) in [6.45, 7) is 0.231. The SMILES string of the molecule is Cl.Fc1cc(I)cc(F)n1.NC1(CO)CCC1.OCC1(Nc2cc(I)cc(F)n2)CCC1. The molecule has 5 N–H and O–H groups in total. The fourth-order valence-electron chi connectivity index (χ4n) is 2.95. The van der Waals surface area contributed by atoms with Gasteiger partial charge in [0.2, 0.25) is 17.8 Å². The van der Waals surface area contributed by atoms with E-state index in [0.717, 1.165) is 47.8 Å². The second-order valence-corrected chi connectivity index (χ2v) is 10.2. The Morgan fingerprint density at radius 2 is 1.31 bits per heavy atom. The predicted octanol–water partition coefficient (Wildman–Crippen LogP) is 4.40.